The molecule has 1 amide bonds. The Kier molecular flexibility index (Phi) is 4.38. The van der Waals surface area contributed by atoms with Crippen molar-refractivity contribution in [1.29, 1.82) is 0 Å². The molecule has 2 heterocycles. The Morgan fingerprint density at radius 1 is 1.19 bits per heavy atom. The minimum Gasteiger partial charge on any atom is -0.494 e. The molecule has 2 aliphatic heterocycles. The van der Waals surface area contributed by atoms with Crippen LogP contribution in [0.1, 0.15) is 18.7 Å². The second-order valence-corrected chi connectivity index (χ2v) is 6.57. The third kappa shape index (κ3) is 2.84. The molecule has 0 spiro atoms. The summed E-state index contributed by atoms with van der Waals surface area (Å²) in [6.45, 7) is 2.57. The van der Waals surface area contributed by atoms with E-state index in [0.29, 0.717) is 17.5 Å². The average molecular weight is 366 g/mol. The van der Waals surface area contributed by atoms with Gasteiger partial charge in [-0.2, -0.15) is 0 Å². The molecular formula is C19H18N4O2S. The van der Waals surface area contributed by atoms with Crippen molar-refractivity contribution in [2.24, 2.45) is 10.1 Å². The Morgan fingerprint density at radius 2 is 1.96 bits per heavy atom. The molecule has 0 unspecified atom stereocenters. The van der Waals surface area contributed by atoms with E-state index in [4.69, 9.17) is 9.73 Å². The van der Waals surface area contributed by atoms with Gasteiger partial charge in [-0.15, -0.1) is 5.10 Å². The van der Waals surface area contributed by atoms with Gasteiger partial charge in [-0.05, 0) is 36.9 Å². The number of nitrogens with one attached hydrogen (secondary N) is 1. The zero-order valence-electron chi connectivity index (χ0n) is 14.5. The van der Waals surface area contributed by atoms with Crippen molar-refractivity contribution in [1.82, 2.24) is 10.3 Å². The number of rotatable bonds is 3. The van der Waals surface area contributed by atoms with E-state index < -0.39 is 6.17 Å². The van der Waals surface area contributed by atoms with Crippen molar-refractivity contribution in [3.05, 3.63) is 64.7 Å². The molecule has 0 saturated heterocycles. The Hall–Kier alpha value is -2.80. The van der Waals surface area contributed by atoms with E-state index in [1.807, 2.05) is 61.7 Å². The van der Waals surface area contributed by atoms with Crippen LogP contribution in [0, 0.1) is 0 Å². The van der Waals surface area contributed by atoms with Gasteiger partial charge >= 0.3 is 0 Å². The highest BCUT2D eigenvalue weighted by Crippen LogP contribution is 2.31. The van der Waals surface area contributed by atoms with Gasteiger partial charge in [0.1, 0.15) is 11.4 Å². The monoisotopic (exact) mass is 366 g/mol. The van der Waals surface area contributed by atoms with Crippen molar-refractivity contribution < 1.29 is 9.53 Å². The lowest BCUT2D eigenvalue weighted by Crippen LogP contribution is -2.50. The molecule has 0 radical (unpaired) electrons. The summed E-state index contributed by atoms with van der Waals surface area (Å²) in [6.07, 6.45) is 1.48. The van der Waals surface area contributed by atoms with Gasteiger partial charge in [0, 0.05) is 5.22 Å². The first-order valence-electron chi connectivity index (χ1n) is 8.34. The molecule has 6 nitrogen and oxygen atoms in total. The number of thioether (sulfide) groups is 1. The average Bonchev–Trinajstić information content (AvgIpc) is 2.68. The Balaban J connectivity index is 1.87. The Morgan fingerprint density at radius 3 is 2.69 bits per heavy atom. The van der Waals surface area contributed by atoms with Crippen LogP contribution in [-0.4, -0.2) is 28.9 Å². The first-order valence-corrected chi connectivity index (χ1v) is 9.57. The summed E-state index contributed by atoms with van der Waals surface area (Å²) in [5.74, 6) is 0.643. The van der Waals surface area contributed by atoms with Crippen molar-refractivity contribution in [3.8, 4) is 5.75 Å². The highest BCUT2D eigenvalue weighted by Gasteiger charge is 2.34. The molecule has 7 heteroatoms. The fourth-order valence-corrected chi connectivity index (χ4v) is 3.40. The summed E-state index contributed by atoms with van der Waals surface area (Å²) >= 11 is 1.39. The zero-order valence-corrected chi connectivity index (χ0v) is 15.3. The molecular weight excluding hydrogens is 348 g/mol. The molecule has 0 saturated carbocycles. The van der Waals surface area contributed by atoms with E-state index in [9.17, 15) is 4.79 Å². The van der Waals surface area contributed by atoms with Gasteiger partial charge in [0.25, 0.3) is 5.91 Å². The first kappa shape index (κ1) is 16.7. The van der Waals surface area contributed by atoms with Crippen LogP contribution in [0.5, 0.6) is 5.75 Å². The van der Waals surface area contributed by atoms with Gasteiger partial charge in [0.2, 0.25) is 0 Å². The largest absolute Gasteiger partial charge is 0.494 e. The van der Waals surface area contributed by atoms with E-state index in [0.717, 1.165) is 21.9 Å². The smallest absolute Gasteiger partial charge is 0.276 e. The van der Waals surface area contributed by atoms with Crippen LogP contribution in [0.15, 0.2) is 58.6 Å². The molecule has 2 aliphatic rings. The minimum absolute atomic E-state index is 0.164. The van der Waals surface area contributed by atoms with Gasteiger partial charge in [0.15, 0.2) is 11.3 Å². The lowest BCUT2D eigenvalue weighted by molar-refractivity contribution is -0.116. The second kappa shape index (κ2) is 6.84. The Bertz CT molecular complexity index is 1000. The first-order chi connectivity index (χ1) is 12.7. The number of carbonyl (C=O) groups is 1. The predicted octanol–water partition coefficient (Wildman–Crippen LogP) is 1.59. The second-order valence-electron chi connectivity index (χ2n) is 5.78. The van der Waals surface area contributed by atoms with Crippen LogP contribution < -0.4 is 20.6 Å². The molecule has 0 aromatic heterocycles. The molecule has 2 aromatic carbocycles. The lowest BCUT2D eigenvalue weighted by Gasteiger charge is -2.33. The van der Waals surface area contributed by atoms with Crippen LogP contribution in [0.4, 0.5) is 0 Å². The van der Waals surface area contributed by atoms with E-state index >= 15 is 0 Å². The molecule has 26 heavy (non-hydrogen) atoms. The van der Waals surface area contributed by atoms with Crippen LogP contribution in [0.25, 0.3) is 5.70 Å². The van der Waals surface area contributed by atoms with Crippen LogP contribution in [-0.2, 0) is 4.79 Å². The standard InChI is InChI=1S/C19H18N4O2S/c1-3-25-13-10-8-12(9-11-13)17-20-15-7-5-4-6-14(15)16-18(24)21-19(26-2)22-23(16)17/h4-11,17H,3H2,1-2H3,(H,21,22,24)/t17-/m0/s1. The topological polar surface area (TPSA) is 66.3 Å². The number of carbonyl (C=O) groups excluding carboxylic acids is 1. The molecule has 132 valence electrons. The van der Waals surface area contributed by atoms with Gasteiger partial charge in [-0.25, -0.2) is 5.01 Å². The number of para-hydroxylation sites is 1. The van der Waals surface area contributed by atoms with Crippen LogP contribution in [0.2, 0.25) is 0 Å². The van der Waals surface area contributed by atoms with Crippen molar-refractivity contribution >= 4 is 28.5 Å². The fraction of sp³-hybridized carbons (Fsp3) is 0.211. The molecule has 1 N–H and O–H groups in total. The maximum Gasteiger partial charge on any atom is 0.276 e. The number of fused-ring (bicyclic) bond motifs is 2. The van der Waals surface area contributed by atoms with Gasteiger partial charge < -0.3 is 4.74 Å². The van der Waals surface area contributed by atoms with Crippen LogP contribution in [0.3, 0.4) is 0 Å². The molecule has 0 aliphatic carbocycles. The molecule has 4 rings (SSSR count). The number of benzene rings is 2. The molecule has 0 bridgehead atoms. The van der Waals surface area contributed by atoms with Crippen molar-refractivity contribution in [2.45, 2.75) is 13.1 Å². The Labute approximate surface area is 155 Å². The number of amides is 1. The number of ether oxygens (including phenoxy) is 1. The third-order valence-electron chi connectivity index (χ3n) is 4.20. The van der Waals surface area contributed by atoms with Crippen molar-refractivity contribution in [3.63, 3.8) is 0 Å². The summed E-state index contributed by atoms with van der Waals surface area (Å²) in [5.41, 5.74) is 1.46. The normalized spacial score (nSPS) is 18.3. The predicted molar refractivity (Wildman–Crippen MR) is 102 cm³/mol. The highest BCUT2D eigenvalue weighted by molar-refractivity contribution is 8.13. The van der Waals surface area contributed by atoms with E-state index in [1.54, 1.807) is 5.01 Å². The summed E-state index contributed by atoms with van der Waals surface area (Å²) < 4.78 is 5.52. The zero-order chi connectivity index (χ0) is 18.1. The van der Waals surface area contributed by atoms with E-state index in [2.05, 4.69) is 10.4 Å². The molecule has 1 atom stereocenters. The summed E-state index contributed by atoms with van der Waals surface area (Å²) in [6, 6.07) is 15.4. The molecule has 0 fully saturated rings. The van der Waals surface area contributed by atoms with Gasteiger partial charge in [-0.1, -0.05) is 42.1 Å². The number of hydrogen-bond acceptors (Lipinski definition) is 6. The maximum atomic E-state index is 12.7. The summed E-state index contributed by atoms with van der Waals surface area (Å²) in [4.78, 5) is 17.6. The lowest BCUT2D eigenvalue weighted by atomic mass is 10.1. The highest BCUT2D eigenvalue weighted by atomic mass is 32.2. The number of amidine groups is 1. The molecule has 2 aromatic rings. The SMILES string of the molecule is CCOc1ccc([C@H]2N=c3ccccc3=C3C(=O)NC(SC)=NN32)cc1. The maximum absolute atomic E-state index is 12.7. The minimum atomic E-state index is -0.399. The van der Waals surface area contributed by atoms with Crippen molar-refractivity contribution in [2.75, 3.05) is 12.9 Å². The van der Waals surface area contributed by atoms with E-state index in [1.165, 1.54) is 11.8 Å². The van der Waals surface area contributed by atoms with Gasteiger partial charge in [0.05, 0.1) is 12.0 Å². The third-order valence-corrected chi connectivity index (χ3v) is 4.77. The quantitative estimate of drug-likeness (QED) is 0.896. The number of nitrogens with zero attached hydrogens (tertiary/aromatic N) is 3. The van der Waals surface area contributed by atoms with Gasteiger partial charge in [-0.3, -0.25) is 15.1 Å². The number of hydrazone groups is 1. The van der Waals surface area contributed by atoms with Crippen LogP contribution >= 0.6 is 11.8 Å². The summed E-state index contributed by atoms with van der Waals surface area (Å²) in [7, 11) is 0. The fourth-order valence-electron chi connectivity index (χ4n) is 3.04. The summed E-state index contributed by atoms with van der Waals surface area (Å²) in [5, 5.41) is 11.3. The van der Waals surface area contributed by atoms with E-state index in [-0.39, 0.29) is 5.91 Å². The number of hydrogen-bond donors (Lipinski definition) is 1.